The van der Waals surface area contributed by atoms with Crippen molar-refractivity contribution < 1.29 is 17.8 Å². The zero-order chi connectivity index (χ0) is 11.3. The largest absolute Gasteiger partial charge is 0.569 e. The number of nitrogens with zero attached hydrogens (tertiary/aromatic N) is 1. The zero-order valence-corrected chi connectivity index (χ0v) is 10.7. The highest BCUT2D eigenvalue weighted by Gasteiger charge is 2.43. The van der Waals surface area contributed by atoms with Crippen LogP contribution in [0, 0.1) is 6.92 Å². The highest BCUT2D eigenvalue weighted by Crippen LogP contribution is 2.05. The van der Waals surface area contributed by atoms with E-state index in [2.05, 4.69) is 0 Å². The van der Waals surface area contributed by atoms with Gasteiger partial charge in [0.2, 0.25) is 6.17 Å². The molecule has 1 aromatic rings. The summed E-state index contributed by atoms with van der Waals surface area (Å²) in [5.41, 5.74) is 1.20. The molecule has 0 aromatic carbocycles. The predicted octanol–water partition coefficient (Wildman–Crippen LogP) is 0.700. The van der Waals surface area contributed by atoms with Crippen molar-refractivity contribution in [3.8, 4) is 0 Å². The van der Waals surface area contributed by atoms with Crippen molar-refractivity contribution in [2.75, 3.05) is 21.3 Å². The van der Waals surface area contributed by atoms with E-state index in [1.165, 1.54) is 5.56 Å². The Morgan fingerprint density at radius 1 is 1.20 bits per heavy atom. The lowest BCUT2D eigenvalue weighted by molar-refractivity contribution is -0.685. The van der Waals surface area contributed by atoms with Gasteiger partial charge in [0, 0.05) is 33.0 Å². The fourth-order valence-electron chi connectivity index (χ4n) is 1.42. The molecule has 1 rings (SSSR count). The van der Waals surface area contributed by atoms with Gasteiger partial charge < -0.3 is 13.3 Å². The van der Waals surface area contributed by atoms with E-state index in [-0.39, 0.29) is 0 Å². The predicted molar refractivity (Wildman–Crippen MR) is 58.2 cm³/mol. The minimum atomic E-state index is -2.52. The Morgan fingerprint density at radius 3 is 2.27 bits per heavy atom. The number of hydrogen-bond acceptors (Lipinski definition) is 3. The molecule has 0 aliphatic carbocycles. The van der Waals surface area contributed by atoms with E-state index in [0.717, 1.165) is 0 Å². The average molecular weight is 228 g/mol. The van der Waals surface area contributed by atoms with Gasteiger partial charge in [0.15, 0.2) is 12.4 Å². The van der Waals surface area contributed by atoms with E-state index in [4.69, 9.17) is 13.3 Å². The number of pyridine rings is 1. The van der Waals surface area contributed by atoms with Crippen molar-refractivity contribution >= 4 is 8.80 Å². The van der Waals surface area contributed by atoms with Gasteiger partial charge in [-0.1, -0.05) is 0 Å². The minimum absolute atomic E-state index is 0.623. The van der Waals surface area contributed by atoms with Gasteiger partial charge in [0.1, 0.15) is 0 Å². The monoisotopic (exact) mass is 228 g/mol. The SMILES string of the molecule is CO[Si](C[n+]1cccc(C)c1)(OC)OC. The minimum Gasteiger partial charge on any atom is -0.373 e. The summed E-state index contributed by atoms with van der Waals surface area (Å²) < 4.78 is 18.1. The lowest BCUT2D eigenvalue weighted by Gasteiger charge is -2.20. The molecule has 0 N–H and O–H groups in total. The van der Waals surface area contributed by atoms with Crippen molar-refractivity contribution in [2.24, 2.45) is 0 Å². The molecule has 5 heteroatoms. The molecule has 0 saturated heterocycles. The van der Waals surface area contributed by atoms with Crippen LogP contribution >= 0.6 is 0 Å². The number of aromatic nitrogens is 1. The Labute approximate surface area is 91.8 Å². The average Bonchev–Trinajstić information content (AvgIpc) is 2.26. The Hall–Kier alpha value is -0.753. The van der Waals surface area contributed by atoms with Gasteiger partial charge >= 0.3 is 8.80 Å². The van der Waals surface area contributed by atoms with Gasteiger partial charge in [-0.15, -0.1) is 0 Å². The summed E-state index contributed by atoms with van der Waals surface area (Å²) in [5, 5.41) is 0. The summed E-state index contributed by atoms with van der Waals surface area (Å²) in [4.78, 5) is 0. The van der Waals surface area contributed by atoms with Crippen LogP contribution in [0.2, 0.25) is 0 Å². The molecule has 15 heavy (non-hydrogen) atoms. The lowest BCUT2D eigenvalue weighted by Crippen LogP contribution is -2.56. The van der Waals surface area contributed by atoms with Gasteiger partial charge in [-0.05, 0) is 13.0 Å². The fraction of sp³-hybridized carbons (Fsp3) is 0.500. The van der Waals surface area contributed by atoms with Crippen molar-refractivity contribution in [1.82, 2.24) is 0 Å². The maximum Gasteiger partial charge on any atom is 0.569 e. The molecule has 4 nitrogen and oxygen atoms in total. The standard InChI is InChI=1S/C10H18NO3Si/c1-10-6-5-7-11(8-10)9-15(12-2,13-3)14-4/h5-8H,9H2,1-4H3/q+1. The van der Waals surface area contributed by atoms with E-state index in [0.29, 0.717) is 6.17 Å². The van der Waals surface area contributed by atoms with Crippen molar-refractivity contribution in [3.63, 3.8) is 0 Å². The van der Waals surface area contributed by atoms with E-state index in [9.17, 15) is 0 Å². The Kier molecular flexibility index (Phi) is 4.40. The number of aryl methyl sites for hydroxylation is 1. The molecule has 0 atom stereocenters. The summed E-state index contributed by atoms with van der Waals surface area (Å²) in [6, 6.07) is 4.04. The van der Waals surface area contributed by atoms with Crippen LogP contribution in [0.25, 0.3) is 0 Å². The van der Waals surface area contributed by atoms with Crippen LogP contribution in [0.1, 0.15) is 5.56 Å². The molecule has 0 bridgehead atoms. The van der Waals surface area contributed by atoms with Crippen LogP contribution in [0.3, 0.4) is 0 Å². The topological polar surface area (TPSA) is 31.6 Å². The molecule has 1 aromatic heterocycles. The highest BCUT2D eigenvalue weighted by atomic mass is 28.4. The van der Waals surface area contributed by atoms with Crippen LogP contribution in [-0.4, -0.2) is 30.1 Å². The normalized spacial score (nSPS) is 11.7. The third kappa shape index (κ3) is 3.10. The molecule has 0 aliphatic rings. The van der Waals surface area contributed by atoms with Crippen molar-refractivity contribution in [3.05, 3.63) is 30.1 Å². The van der Waals surface area contributed by atoms with Crippen molar-refractivity contribution in [1.29, 1.82) is 0 Å². The molecule has 1 heterocycles. The van der Waals surface area contributed by atoms with E-state index in [1.807, 2.05) is 36.0 Å². The molecule has 0 radical (unpaired) electrons. The van der Waals surface area contributed by atoms with E-state index in [1.54, 1.807) is 21.3 Å². The molecule has 0 amide bonds. The second-order valence-corrected chi connectivity index (χ2v) is 6.26. The van der Waals surface area contributed by atoms with E-state index >= 15 is 0 Å². The Bertz CT molecular complexity index is 307. The first kappa shape index (κ1) is 12.3. The second kappa shape index (κ2) is 5.36. The van der Waals surface area contributed by atoms with Gasteiger partial charge in [-0.25, -0.2) is 0 Å². The van der Waals surface area contributed by atoms with E-state index < -0.39 is 8.80 Å². The maximum atomic E-state index is 5.35. The summed E-state index contributed by atoms with van der Waals surface area (Å²) in [6.45, 7) is 2.05. The van der Waals surface area contributed by atoms with Gasteiger partial charge in [-0.3, -0.25) is 0 Å². The lowest BCUT2D eigenvalue weighted by atomic mass is 10.3. The van der Waals surface area contributed by atoms with Gasteiger partial charge in [0.05, 0.1) is 0 Å². The second-order valence-electron chi connectivity index (χ2n) is 3.35. The molecular formula is C10H18NO3Si+. The summed E-state index contributed by atoms with van der Waals surface area (Å²) in [7, 11) is 2.34. The number of hydrogen-bond donors (Lipinski definition) is 0. The van der Waals surface area contributed by atoms with Gasteiger partial charge in [-0.2, -0.15) is 4.57 Å². The smallest absolute Gasteiger partial charge is 0.373 e. The molecule has 0 unspecified atom stereocenters. The third-order valence-electron chi connectivity index (χ3n) is 2.32. The van der Waals surface area contributed by atoms with Crippen LogP contribution in [0.4, 0.5) is 0 Å². The van der Waals surface area contributed by atoms with Crippen molar-refractivity contribution in [2.45, 2.75) is 13.1 Å². The van der Waals surface area contributed by atoms with Crippen LogP contribution in [0.15, 0.2) is 24.5 Å². The van der Waals surface area contributed by atoms with Crippen LogP contribution < -0.4 is 4.57 Å². The summed E-state index contributed by atoms with van der Waals surface area (Å²) >= 11 is 0. The highest BCUT2D eigenvalue weighted by molar-refractivity contribution is 6.58. The molecule has 0 aliphatic heterocycles. The fourth-order valence-corrected chi connectivity index (χ4v) is 2.95. The maximum absolute atomic E-state index is 5.35. The van der Waals surface area contributed by atoms with Crippen LogP contribution in [-0.2, 0) is 19.4 Å². The first-order chi connectivity index (χ1) is 7.15. The Morgan fingerprint density at radius 2 is 1.80 bits per heavy atom. The van der Waals surface area contributed by atoms with Gasteiger partial charge in [0.25, 0.3) is 0 Å². The zero-order valence-electron chi connectivity index (χ0n) is 9.69. The first-order valence-electron chi connectivity index (χ1n) is 4.77. The van der Waals surface area contributed by atoms with Crippen LogP contribution in [0.5, 0.6) is 0 Å². The molecule has 0 saturated carbocycles. The first-order valence-corrected chi connectivity index (χ1v) is 6.70. The molecule has 0 fully saturated rings. The third-order valence-corrected chi connectivity index (χ3v) is 4.93. The molecule has 84 valence electrons. The Balaban J connectivity index is 2.82. The summed E-state index contributed by atoms with van der Waals surface area (Å²) in [6.07, 6.45) is 4.64. The summed E-state index contributed by atoms with van der Waals surface area (Å²) in [5.74, 6) is 0. The quantitative estimate of drug-likeness (QED) is 0.549. The number of rotatable bonds is 5. The molecule has 0 spiro atoms. The molecular weight excluding hydrogens is 210 g/mol.